The minimum absolute atomic E-state index is 0.479. The minimum atomic E-state index is 0.479. The summed E-state index contributed by atoms with van der Waals surface area (Å²) in [6, 6.07) is 0. The van der Waals surface area contributed by atoms with Crippen LogP contribution in [0, 0.1) is 5.41 Å². The van der Waals surface area contributed by atoms with E-state index in [0.717, 1.165) is 0 Å². The van der Waals surface area contributed by atoms with E-state index in [9.17, 15) is 0 Å². The summed E-state index contributed by atoms with van der Waals surface area (Å²) in [7, 11) is 0. The van der Waals surface area contributed by atoms with E-state index in [4.69, 9.17) is 5.41 Å². The molecule has 0 atom stereocenters. The fourth-order valence-electron chi connectivity index (χ4n) is 0.264. The zero-order valence-electron chi connectivity index (χ0n) is 5.02. The molecule has 1 N–H and O–H groups in total. The van der Waals surface area contributed by atoms with E-state index in [1.165, 1.54) is 6.21 Å². The maximum absolute atomic E-state index is 6.89. The van der Waals surface area contributed by atoms with Gasteiger partial charge in [-0.1, -0.05) is 6.08 Å². The Labute approximate surface area is 49.5 Å². The maximum atomic E-state index is 6.89. The van der Waals surface area contributed by atoms with Gasteiger partial charge in [0.25, 0.3) is 0 Å². The van der Waals surface area contributed by atoms with Crippen LogP contribution in [0.3, 0.4) is 0 Å². The van der Waals surface area contributed by atoms with Crippen LogP contribution < -0.4 is 0 Å². The van der Waals surface area contributed by atoms with Gasteiger partial charge in [0, 0.05) is 11.9 Å². The van der Waals surface area contributed by atoms with Gasteiger partial charge in [-0.25, -0.2) is 0 Å². The second kappa shape index (κ2) is 4.24. The SMILES string of the molecule is C=CCN=CC(C)=N. The molecule has 0 fully saturated rings. The van der Waals surface area contributed by atoms with E-state index in [1.807, 2.05) is 0 Å². The quantitative estimate of drug-likeness (QED) is 0.419. The van der Waals surface area contributed by atoms with Crippen molar-refractivity contribution in [3.8, 4) is 0 Å². The van der Waals surface area contributed by atoms with Crippen LogP contribution in [0.2, 0.25) is 0 Å². The molecule has 8 heavy (non-hydrogen) atoms. The highest BCUT2D eigenvalue weighted by molar-refractivity contribution is 6.27. The van der Waals surface area contributed by atoms with Gasteiger partial charge in [-0.05, 0) is 6.92 Å². The fraction of sp³-hybridized carbons (Fsp3) is 0.333. The summed E-state index contributed by atoms with van der Waals surface area (Å²) in [6.45, 7) is 5.77. The lowest BCUT2D eigenvalue weighted by atomic mass is 10.5. The molecule has 0 aromatic heterocycles. The van der Waals surface area contributed by atoms with Gasteiger partial charge in [-0.3, -0.25) is 4.99 Å². The minimum Gasteiger partial charge on any atom is -0.304 e. The van der Waals surface area contributed by atoms with E-state index >= 15 is 0 Å². The molecule has 0 saturated carbocycles. The second-order valence-electron chi connectivity index (χ2n) is 1.47. The van der Waals surface area contributed by atoms with E-state index in [2.05, 4.69) is 11.6 Å². The van der Waals surface area contributed by atoms with Crippen LogP contribution in [-0.4, -0.2) is 18.5 Å². The first kappa shape index (κ1) is 7.08. The molecule has 0 amide bonds. The molecule has 0 heterocycles. The van der Waals surface area contributed by atoms with Crippen LogP contribution >= 0.6 is 0 Å². The predicted molar refractivity (Wildman–Crippen MR) is 37.0 cm³/mol. The van der Waals surface area contributed by atoms with Gasteiger partial charge in [-0.15, -0.1) is 6.58 Å². The number of hydrogen-bond acceptors (Lipinski definition) is 2. The standard InChI is InChI=1S/C6H10N2/c1-3-4-8-5-6(2)7/h3,5,7H,1,4H2,2H3. The van der Waals surface area contributed by atoms with E-state index in [1.54, 1.807) is 13.0 Å². The summed E-state index contributed by atoms with van der Waals surface area (Å²) < 4.78 is 0. The molecular formula is C6H10N2. The molecule has 0 aliphatic heterocycles. The van der Waals surface area contributed by atoms with Crippen molar-refractivity contribution in [1.82, 2.24) is 0 Å². The largest absolute Gasteiger partial charge is 0.304 e. The Balaban J connectivity index is 3.34. The highest BCUT2D eigenvalue weighted by atomic mass is 14.7. The Morgan fingerprint density at radius 3 is 2.88 bits per heavy atom. The molecule has 0 rings (SSSR count). The molecule has 0 saturated heterocycles. The first-order valence-electron chi connectivity index (χ1n) is 2.43. The van der Waals surface area contributed by atoms with Crippen molar-refractivity contribution in [3.05, 3.63) is 12.7 Å². The summed E-state index contributed by atoms with van der Waals surface area (Å²) in [4.78, 5) is 3.82. The van der Waals surface area contributed by atoms with Gasteiger partial charge in [0.1, 0.15) is 0 Å². The molecule has 0 spiro atoms. The van der Waals surface area contributed by atoms with Crippen LogP contribution in [0.5, 0.6) is 0 Å². The summed E-state index contributed by atoms with van der Waals surface area (Å²) in [5, 5.41) is 6.89. The molecule has 0 aromatic rings. The van der Waals surface area contributed by atoms with E-state index in [-0.39, 0.29) is 0 Å². The van der Waals surface area contributed by atoms with Gasteiger partial charge >= 0.3 is 0 Å². The Morgan fingerprint density at radius 1 is 1.88 bits per heavy atom. The first-order chi connectivity index (χ1) is 3.77. The second-order valence-corrected chi connectivity index (χ2v) is 1.47. The Hall–Kier alpha value is -0.920. The average Bonchev–Trinajstić information content (AvgIpc) is 1.66. The monoisotopic (exact) mass is 110 g/mol. The molecule has 0 radical (unpaired) electrons. The number of nitrogens with zero attached hydrogens (tertiary/aromatic N) is 1. The van der Waals surface area contributed by atoms with Crippen molar-refractivity contribution in [2.75, 3.05) is 6.54 Å². The summed E-state index contributed by atoms with van der Waals surface area (Å²) >= 11 is 0. The average molecular weight is 110 g/mol. The summed E-state index contributed by atoms with van der Waals surface area (Å²) in [6.07, 6.45) is 3.21. The Morgan fingerprint density at radius 2 is 2.50 bits per heavy atom. The van der Waals surface area contributed by atoms with Gasteiger partial charge < -0.3 is 5.41 Å². The first-order valence-corrected chi connectivity index (χ1v) is 2.43. The highest BCUT2D eigenvalue weighted by Gasteiger charge is 1.72. The molecule has 0 aliphatic rings. The van der Waals surface area contributed by atoms with Crippen LogP contribution in [0.4, 0.5) is 0 Å². The van der Waals surface area contributed by atoms with Crippen molar-refractivity contribution < 1.29 is 0 Å². The lowest BCUT2D eigenvalue weighted by Gasteiger charge is -1.80. The van der Waals surface area contributed by atoms with E-state index < -0.39 is 0 Å². The topological polar surface area (TPSA) is 36.2 Å². The smallest absolute Gasteiger partial charge is 0.0568 e. The zero-order valence-corrected chi connectivity index (χ0v) is 5.02. The molecule has 2 heteroatoms. The third-order valence-corrected chi connectivity index (χ3v) is 0.519. The molecule has 2 nitrogen and oxygen atoms in total. The lowest BCUT2D eigenvalue weighted by Crippen LogP contribution is -1.88. The normalized spacial score (nSPS) is 9.62. The summed E-state index contributed by atoms with van der Waals surface area (Å²) in [5.74, 6) is 0. The van der Waals surface area contributed by atoms with Crippen molar-refractivity contribution >= 4 is 11.9 Å². The fourth-order valence-corrected chi connectivity index (χ4v) is 0.264. The lowest BCUT2D eigenvalue weighted by molar-refractivity contribution is 1.27. The van der Waals surface area contributed by atoms with Gasteiger partial charge in [-0.2, -0.15) is 0 Å². The molecular weight excluding hydrogens is 100 g/mol. The van der Waals surface area contributed by atoms with Crippen molar-refractivity contribution in [3.63, 3.8) is 0 Å². The predicted octanol–water partition coefficient (Wildman–Crippen LogP) is 1.28. The molecule has 0 bridgehead atoms. The Bertz CT molecular complexity index is 114. The van der Waals surface area contributed by atoms with Gasteiger partial charge in [0.05, 0.1) is 6.54 Å². The Kier molecular flexibility index (Phi) is 3.76. The number of hydrogen-bond donors (Lipinski definition) is 1. The zero-order chi connectivity index (χ0) is 6.41. The van der Waals surface area contributed by atoms with Crippen molar-refractivity contribution in [2.45, 2.75) is 6.92 Å². The molecule has 0 aromatic carbocycles. The van der Waals surface area contributed by atoms with Crippen molar-refractivity contribution in [1.29, 1.82) is 5.41 Å². The third-order valence-electron chi connectivity index (χ3n) is 0.519. The third kappa shape index (κ3) is 5.08. The summed E-state index contributed by atoms with van der Waals surface area (Å²) in [5.41, 5.74) is 0.479. The van der Waals surface area contributed by atoms with Crippen molar-refractivity contribution in [2.24, 2.45) is 4.99 Å². The van der Waals surface area contributed by atoms with Crippen LogP contribution in [0.25, 0.3) is 0 Å². The molecule has 44 valence electrons. The highest BCUT2D eigenvalue weighted by Crippen LogP contribution is 1.68. The van der Waals surface area contributed by atoms with Gasteiger partial charge in [0.15, 0.2) is 0 Å². The number of aliphatic imine (C=N–C) groups is 1. The van der Waals surface area contributed by atoms with Crippen LogP contribution in [-0.2, 0) is 0 Å². The molecule has 0 aliphatic carbocycles. The van der Waals surface area contributed by atoms with Crippen LogP contribution in [0.15, 0.2) is 17.6 Å². The number of nitrogens with one attached hydrogen (secondary N) is 1. The maximum Gasteiger partial charge on any atom is 0.0568 e. The number of rotatable bonds is 3. The molecule has 0 unspecified atom stereocenters. The van der Waals surface area contributed by atoms with Crippen LogP contribution in [0.1, 0.15) is 6.92 Å². The van der Waals surface area contributed by atoms with Gasteiger partial charge in [0.2, 0.25) is 0 Å². The van der Waals surface area contributed by atoms with E-state index in [0.29, 0.717) is 12.3 Å².